The van der Waals surface area contributed by atoms with E-state index in [4.69, 9.17) is 4.74 Å². The van der Waals surface area contributed by atoms with E-state index in [1.807, 2.05) is 91.0 Å². The molecule has 0 bridgehead atoms. The summed E-state index contributed by atoms with van der Waals surface area (Å²) in [5, 5.41) is 0. The number of para-hydroxylation sites is 1. The normalized spacial score (nSPS) is 15.5. The quantitative estimate of drug-likeness (QED) is 0.688. The van der Waals surface area contributed by atoms with Gasteiger partial charge < -0.3 is 4.74 Å². The Labute approximate surface area is 145 Å². The molecule has 0 amide bonds. The average Bonchev–Trinajstić information content (AvgIpc) is 3.00. The van der Waals surface area contributed by atoms with Crippen LogP contribution in [0.1, 0.15) is 11.1 Å². The maximum absolute atomic E-state index is 13.0. The molecule has 1 aliphatic heterocycles. The molecular weight excluding hydrogens is 310 g/mol. The van der Waals surface area contributed by atoms with Gasteiger partial charge >= 0.3 is 0 Å². The molecule has 0 atom stereocenters. The van der Waals surface area contributed by atoms with Crippen LogP contribution in [0.4, 0.5) is 5.69 Å². The van der Waals surface area contributed by atoms with Crippen molar-refractivity contribution >= 4 is 28.7 Å². The predicted molar refractivity (Wildman–Crippen MR) is 99.3 cm³/mol. The minimum Gasteiger partial charge on any atom is -0.434 e. The molecule has 0 aromatic heterocycles. The summed E-state index contributed by atoms with van der Waals surface area (Å²) < 4.78 is 5.91. The number of rotatable bonds is 3. The molecule has 0 saturated heterocycles. The van der Waals surface area contributed by atoms with E-state index in [-0.39, 0.29) is 11.7 Å². The third-order valence-electron chi connectivity index (χ3n) is 3.93. The van der Waals surface area contributed by atoms with Gasteiger partial charge in [0.15, 0.2) is 0 Å². The van der Waals surface area contributed by atoms with E-state index in [0.29, 0.717) is 17.0 Å². The summed E-state index contributed by atoms with van der Waals surface area (Å²) in [4.78, 5) is 17.4. The molecule has 3 heteroatoms. The number of benzene rings is 3. The van der Waals surface area contributed by atoms with Crippen LogP contribution in [0.25, 0.3) is 11.3 Å². The zero-order valence-electron chi connectivity index (χ0n) is 13.4. The molecule has 4 rings (SSSR count). The highest BCUT2D eigenvalue weighted by Crippen LogP contribution is 2.35. The maximum Gasteiger partial charge on any atom is 0.269 e. The molecule has 0 unspecified atom stereocenters. The molecule has 1 heterocycles. The van der Waals surface area contributed by atoms with Crippen molar-refractivity contribution in [2.45, 2.75) is 0 Å². The molecule has 3 nitrogen and oxygen atoms in total. The van der Waals surface area contributed by atoms with Crippen LogP contribution in [0.2, 0.25) is 0 Å². The largest absolute Gasteiger partial charge is 0.434 e. The van der Waals surface area contributed by atoms with Crippen LogP contribution < -0.4 is 0 Å². The molecule has 120 valence electrons. The van der Waals surface area contributed by atoms with Gasteiger partial charge in [-0.25, -0.2) is 4.99 Å². The topological polar surface area (TPSA) is 38.7 Å². The van der Waals surface area contributed by atoms with Crippen LogP contribution in [0.3, 0.4) is 0 Å². The number of Topliss-reactive ketones (excluding diaryl/α,β-unsaturated/α-hetero) is 1. The maximum atomic E-state index is 13.0. The third kappa shape index (κ3) is 3.00. The number of ether oxygens (including phenoxy) is 1. The van der Waals surface area contributed by atoms with Gasteiger partial charge in [-0.3, -0.25) is 4.79 Å². The lowest BCUT2D eigenvalue weighted by Crippen LogP contribution is -2.09. The van der Waals surface area contributed by atoms with Gasteiger partial charge in [-0.2, -0.15) is 0 Å². The van der Waals surface area contributed by atoms with Crippen LogP contribution in [-0.2, 0) is 9.53 Å². The van der Waals surface area contributed by atoms with Crippen molar-refractivity contribution in [3.63, 3.8) is 0 Å². The van der Waals surface area contributed by atoms with Gasteiger partial charge in [0, 0.05) is 5.56 Å². The molecule has 1 aliphatic rings. The third-order valence-corrected chi connectivity index (χ3v) is 3.93. The minimum absolute atomic E-state index is 0.101. The van der Waals surface area contributed by atoms with Crippen LogP contribution >= 0.6 is 0 Å². The molecule has 0 fully saturated rings. The summed E-state index contributed by atoms with van der Waals surface area (Å²) in [5.74, 6) is 0.448. The van der Waals surface area contributed by atoms with Gasteiger partial charge in [-0.15, -0.1) is 0 Å². The van der Waals surface area contributed by atoms with Crippen molar-refractivity contribution in [1.82, 2.24) is 0 Å². The van der Waals surface area contributed by atoms with E-state index < -0.39 is 0 Å². The van der Waals surface area contributed by atoms with Crippen molar-refractivity contribution in [2.24, 2.45) is 4.99 Å². The average molecular weight is 325 g/mol. The molecule has 25 heavy (non-hydrogen) atoms. The van der Waals surface area contributed by atoms with E-state index in [9.17, 15) is 4.79 Å². The highest BCUT2D eigenvalue weighted by molar-refractivity contribution is 6.59. The van der Waals surface area contributed by atoms with Gasteiger partial charge in [0.25, 0.3) is 11.7 Å². The summed E-state index contributed by atoms with van der Waals surface area (Å²) in [6.07, 6.45) is 0. The van der Waals surface area contributed by atoms with E-state index in [1.165, 1.54) is 0 Å². The van der Waals surface area contributed by atoms with E-state index in [0.717, 1.165) is 11.1 Å². The summed E-state index contributed by atoms with van der Waals surface area (Å²) in [6.45, 7) is 0. The number of ketones is 1. The molecular formula is C22H15NO2. The Morgan fingerprint density at radius 2 is 1.16 bits per heavy atom. The number of aliphatic imine (C=N–C) groups is 1. The summed E-state index contributed by atoms with van der Waals surface area (Å²) in [6, 6.07) is 28.5. The van der Waals surface area contributed by atoms with Crippen LogP contribution in [-0.4, -0.2) is 11.7 Å². The monoisotopic (exact) mass is 325 g/mol. The van der Waals surface area contributed by atoms with Gasteiger partial charge in [0.05, 0.1) is 11.3 Å². The first-order valence-corrected chi connectivity index (χ1v) is 8.04. The second kappa shape index (κ2) is 6.57. The molecule has 0 radical (unpaired) electrons. The van der Waals surface area contributed by atoms with E-state index in [2.05, 4.69) is 4.99 Å². The zero-order valence-corrected chi connectivity index (χ0v) is 13.4. The SMILES string of the molecule is O=C1C(=Nc2ccccc2)OC(c2ccccc2)=C1c1ccccc1. The highest BCUT2D eigenvalue weighted by Gasteiger charge is 2.33. The molecule has 0 aliphatic carbocycles. The number of hydrogen-bond acceptors (Lipinski definition) is 3. The predicted octanol–water partition coefficient (Wildman–Crippen LogP) is 4.88. The molecule has 0 N–H and O–H groups in total. The minimum atomic E-state index is -0.200. The Hall–Kier alpha value is -3.46. The van der Waals surface area contributed by atoms with Gasteiger partial charge in [-0.1, -0.05) is 78.9 Å². The lowest BCUT2D eigenvalue weighted by molar-refractivity contribution is -0.108. The Balaban J connectivity index is 1.83. The number of carbonyl (C=O) groups is 1. The molecule has 3 aromatic carbocycles. The second-order valence-electron chi connectivity index (χ2n) is 5.62. The first kappa shape index (κ1) is 15.1. The Kier molecular flexibility index (Phi) is 3.97. The Morgan fingerprint density at radius 1 is 0.640 bits per heavy atom. The Bertz CT molecular complexity index is 959. The lowest BCUT2D eigenvalue weighted by atomic mass is 9.99. The van der Waals surface area contributed by atoms with E-state index in [1.54, 1.807) is 0 Å². The standard InChI is InChI=1S/C22H15NO2/c24-20-19(16-10-4-1-5-11-16)21(17-12-6-2-7-13-17)25-22(20)23-18-14-8-3-9-15-18/h1-15H. The summed E-state index contributed by atoms with van der Waals surface area (Å²) in [7, 11) is 0. The fourth-order valence-corrected chi connectivity index (χ4v) is 2.76. The van der Waals surface area contributed by atoms with E-state index >= 15 is 0 Å². The van der Waals surface area contributed by atoms with Crippen LogP contribution in [0.15, 0.2) is 96.0 Å². The summed E-state index contributed by atoms with van der Waals surface area (Å²) in [5.41, 5.74) is 2.91. The van der Waals surface area contributed by atoms with Gasteiger partial charge in [0.2, 0.25) is 0 Å². The first-order chi connectivity index (χ1) is 12.3. The highest BCUT2D eigenvalue weighted by atomic mass is 16.5. The van der Waals surface area contributed by atoms with Crippen molar-refractivity contribution in [3.8, 4) is 0 Å². The van der Waals surface area contributed by atoms with Crippen molar-refractivity contribution in [2.75, 3.05) is 0 Å². The van der Waals surface area contributed by atoms with Gasteiger partial charge in [-0.05, 0) is 17.7 Å². The number of hydrogen-bond donors (Lipinski definition) is 0. The summed E-state index contributed by atoms with van der Waals surface area (Å²) >= 11 is 0. The van der Waals surface area contributed by atoms with Crippen LogP contribution in [0.5, 0.6) is 0 Å². The van der Waals surface area contributed by atoms with Crippen molar-refractivity contribution < 1.29 is 9.53 Å². The van der Waals surface area contributed by atoms with Gasteiger partial charge in [0.1, 0.15) is 5.76 Å². The fraction of sp³-hybridized carbons (Fsp3) is 0. The second-order valence-corrected chi connectivity index (χ2v) is 5.62. The lowest BCUT2D eigenvalue weighted by Gasteiger charge is -2.05. The molecule has 0 spiro atoms. The number of nitrogens with zero attached hydrogens (tertiary/aromatic N) is 1. The zero-order chi connectivity index (χ0) is 17.1. The van der Waals surface area contributed by atoms with Crippen molar-refractivity contribution in [3.05, 3.63) is 102 Å². The Morgan fingerprint density at radius 3 is 1.76 bits per heavy atom. The molecule has 3 aromatic rings. The first-order valence-electron chi connectivity index (χ1n) is 8.04. The smallest absolute Gasteiger partial charge is 0.269 e. The van der Waals surface area contributed by atoms with Crippen molar-refractivity contribution in [1.29, 1.82) is 0 Å². The number of carbonyl (C=O) groups excluding carboxylic acids is 1. The van der Waals surface area contributed by atoms with Crippen LogP contribution in [0, 0.1) is 0 Å². The fourth-order valence-electron chi connectivity index (χ4n) is 2.76. The molecule has 0 saturated carbocycles.